The minimum Gasteiger partial charge on any atom is -0.273 e. The molecule has 4 amide bonds. The van der Waals surface area contributed by atoms with Crippen molar-refractivity contribution < 1.29 is 14.4 Å². The fraction of sp³-hybridized carbons (Fsp3) is 0.370. The van der Waals surface area contributed by atoms with Gasteiger partial charge >= 0.3 is 6.03 Å². The Kier molecular flexibility index (Phi) is 4.98. The van der Waals surface area contributed by atoms with Crippen LogP contribution in [-0.4, -0.2) is 17.8 Å². The molecule has 0 atom stereocenters. The van der Waals surface area contributed by atoms with E-state index < -0.39 is 17.8 Å². The number of hydrogen-bond acceptors (Lipinski definition) is 3. The second kappa shape index (κ2) is 7.79. The van der Waals surface area contributed by atoms with Gasteiger partial charge in [-0.1, -0.05) is 30.3 Å². The summed E-state index contributed by atoms with van der Waals surface area (Å²) in [5.74, 6) is 1.30. The maximum atomic E-state index is 13.2. The molecule has 2 aromatic rings. The molecule has 1 N–H and O–H groups in total. The highest BCUT2D eigenvalue weighted by atomic mass is 127. The van der Waals surface area contributed by atoms with E-state index in [4.69, 9.17) is 0 Å². The predicted octanol–water partition coefficient (Wildman–Crippen LogP) is 5.43. The largest absolute Gasteiger partial charge is 0.335 e. The summed E-state index contributed by atoms with van der Waals surface area (Å²) in [6.07, 6.45) is 9.52. The van der Waals surface area contributed by atoms with Crippen LogP contribution in [0, 0.1) is 21.3 Å². The molecule has 0 radical (unpaired) electrons. The van der Waals surface area contributed by atoms with Crippen molar-refractivity contribution in [3.05, 3.63) is 68.8 Å². The van der Waals surface area contributed by atoms with Gasteiger partial charge in [0.1, 0.15) is 5.57 Å². The number of nitrogens with zero attached hydrogens (tertiary/aromatic N) is 1. The summed E-state index contributed by atoms with van der Waals surface area (Å²) in [5.41, 5.74) is 2.81. The van der Waals surface area contributed by atoms with E-state index >= 15 is 0 Å². The van der Waals surface area contributed by atoms with Gasteiger partial charge in [0.25, 0.3) is 11.8 Å². The van der Waals surface area contributed by atoms with Crippen LogP contribution in [0.2, 0.25) is 0 Å². The number of nitrogens with one attached hydrogen (secondary N) is 1. The Hall–Kier alpha value is -2.48. The summed E-state index contributed by atoms with van der Waals surface area (Å²) in [6.45, 7) is 0. The number of rotatable bonds is 3. The van der Waals surface area contributed by atoms with Crippen molar-refractivity contribution in [2.75, 3.05) is 4.90 Å². The van der Waals surface area contributed by atoms with E-state index in [0.717, 1.165) is 31.8 Å². The summed E-state index contributed by atoms with van der Waals surface area (Å²) in [7, 11) is 0. The van der Waals surface area contributed by atoms with Gasteiger partial charge in [-0.05, 0) is 120 Å². The molecule has 4 bridgehead atoms. The molecule has 7 rings (SSSR count). The predicted molar refractivity (Wildman–Crippen MR) is 134 cm³/mol. The molecule has 0 aromatic heterocycles. The monoisotopic (exact) mass is 552 g/mol. The molecule has 5 aliphatic rings. The van der Waals surface area contributed by atoms with E-state index in [0.29, 0.717) is 5.69 Å². The van der Waals surface area contributed by atoms with Gasteiger partial charge in [-0.2, -0.15) is 0 Å². The second-order valence-corrected chi connectivity index (χ2v) is 11.4. The summed E-state index contributed by atoms with van der Waals surface area (Å²) in [6, 6.07) is 14.7. The van der Waals surface area contributed by atoms with Crippen LogP contribution < -0.4 is 10.2 Å². The van der Waals surface area contributed by atoms with Crippen molar-refractivity contribution in [3.8, 4) is 0 Å². The Morgan fingerprint density at radius 2 is 1.48 bits per heavy atom. The van der Waals surface area contributed by atoms with E-state index in [2.05, 4.69) is 40.0 Å². The molecule has 33 heavy (non-hydrogen) atoms. The highest BCUT2D eigenvalue weighted by Crippen LogP contribution is 2.60. The third-order valence-electron chi connectivity index (χ3n) is 8.08. The van der Waals surface area contributed by atoms with Crippen molar-refractivity contribution in [2.24, 2.45) is 17.8 Å². The minimum atomic E-state index is -0.701. The molecule has 2 aromatic carbocycles. The average Bonchev–Trinajstić information content (AvgIpc) is 2.77. The zero-order chi connectivity index (χ0) is 22.7. The molecule has 0 unspecified atom stereocenters. The van der Waals surface area contributed by atoms with Gasteiger partial charge in [0.15, 0.2) is 0 Å². The van der Waals surface area contributed by atoms with Crippen molar-refractivity contribution in [1.82, 2.24) is 5.32 Å². The molecule has 1 saturated heterocycles. The lowest BCUT2D eigenvalue weighted by molar-refractivity contribution is -0.122. The SMILES string of the molecule is O=C1NC(=O)N(c2ccc(C34CC5CC(CC(C5)C3)C4)cc2)C(=O)/C1=C/c1ccccc1I. The fourth-order valence-electron chi connectivity index (χ4n) is 7.07. The molecule has 0 spiro atoms. The van der Waals surface area contributed by atoms with Crippen LogP contribution in [0.1, 0.15) is 49.7 Å². The van der Waals surface area contributed by atoms with Gasteiger partial charge in [0.05, 0.1) is 5.69 Å². The van der Waals surface area contributed by atoms with Crippen LogP contribution in [0.3, 0.4) is 0 Å². The molecule has 6 heteroatoms. The molecule has 4 saturated carbocycles. The van der Waals surface area contributed by atoms with Crippen molar-refractivity contribution in [2.45, 2.75) is 43.9 Å². The van der Waals surface area contributed by atoms with E-state index in [-0.39, 0.29) is 11.0 Å². The third kappa shape index (κ3) is 3.54. The second-order valence-electron chi connectivity index (χ2n) is 10.2. The number of amides is 4. The normalized spacial score (nSPS) is 31.9. The van der Waals surface area contributed by atoms with Crippen molar-refractivity contribution in [3.63, 3.8) is 0 Å². The van der Waals surface area contributed by atoms with Crippen LogP contribution in [0.15, 0.2) is 54.1 Å². The molecule has 5 fully saturated rings. The van der Waals surface area contributed by atoms with Crippen LogP contribution in [0.5, 0.6) is 0 Å². The van der Waals surface area contributed by atoms with Gasteiger partial charge in [-0.3, -0.25) is 14.9 Å². The van der Waals surface area contributed by atoms with E-state index in [1.807, 2.05) is 36.4 Å². The lowest BCUT2D eigenvalue weighted by Gasteiger charge is -2.57. The third-order valence-corrected chi connectivity index (χ3v) is 9.07. The van der Waals surface area contributed by atoms with Crippen molar-refractivity contribution >= 4 is 52.2 Å². The maximum Gasteiger partial charge on any atom is 0.335 e. The Balaban J connectivity index is 1.30. The fourth-order valence-corrected chi connectivity index (χ4v) is 7.61. The first-order chi connectivity index (χ1) is 15.9. The highest BCUT2D eigenvalue weighted by Gasteiger charge is 2.51. The molecule has 5 nitrogen and oxygen atoms in total. The maximum absolute atomic E-state index is 13.2. The smallest absolute Gasteiger partial charge is 0.273 e. The molecular formula is C27H25IN2O3. The molecule has 1 heterocycles. The minimum absolute atomic E-state index is 0.0381. The Labute approximate surface area is 206 Å². The first kappa shape index (κ1) is 21.1. The first-order valence-electron chi connectivity index (χ1n) is 11.7. The number of imide groups is 2. The Morgan fingerprint density at radius 3 is 2.09 bits per heavy atom. The molecule has 168 valence electrons. The zero-order valence-electron chi connectivity index (χ0n) is 18.2. The molecule has 1 aliphatic heterocycles. The highest BCUT2D eigenvalue weighted by molar-refractivity contribution is 14.1. The summed E-state index contributed by atoms with van der Waals surface area (Å²) < 4.78 is 0.923. The lowest BCUT2D eigenvalue weighted by Crippen LogP contribution is -2.54. The quantitative estimate of drug-likeness (QED) is 0.314. The van der Waals surface area contributed by atoms with Crippen LogP contribution in [-0.2, 0) is 15.0 Å². The topological polar surface area (TPSA) is 66.5 Å². The molecule has 4 aliphatic carbocycles. The van der Waals surface area contributed by atoms with E-state index in [1.165, 1.54) is 44.1 Å². The Morgan fingerprint density at radius 1 is 0.879 bits per heavy atom. The van der Waals surface area contributed by atoms with Gasteiger partial charge in [-0.15, -0.1) is 0 Å². The van der Waals surface area contributed by atoms with Crippen molar-refractivity contribution in [1.29, 1.82) is 0 Å². The van der Waals surface area contributed by atoms with E-state index in [9.17, 15) is 14.4 Å². The number of hydrogen-bond donors (Lipinski definition) is 1. The van der Waals surface area contributed by atoms with E-state index in [1.54, 1.807) is 6.08 Å². The number of barbiturate groups is 1. The van der Waals surface area contributed by atoms with Crippen LogP contribution in [0.4, 0.5) is 10.5 Å². The van der Waals surface area contributed by atoms with Gasteiger partial charge in [0.2, 0.25) is 0 Å². The van der Waals surface area contributed by atoms with Gasteiger partial charge in [0, 0.05) is 3.57 Å². The summed E-state index contributed by atoms with van der Waals surface area (Å²) in [5, 5.41) is 2.33. The number of carbonyl (C=O) groups excluding carboxylic acids is 3. The number of anilines is 1. The molecular weight excluding hydrogens is 527 g/mol. The number of carbonyl (C=O) groups is 3. The first-order valence-corrected chi connectivity index (χ1v) is 12.8. The number of benzene rings is 2. The van der Waals surface area contributed by atoms with Crippen LogP contribution in [0.25, 0.3) is 6.08 Å². The van der Waals surface area contributed by atoms with Crippen LogP contribution >= 0.6 is 22.6 Å². The standard InChI is InChI=1S/C27H25IN2O3/c28-23-4-2-1-3-19(23)12-22-24(31)29-26(33)30(25(22)32)21-7-5-20(6-8-21)27-13-16-9-17(14-27)11-18(10-16)15-27/h1-8,12,16-18H,9-11,13-15H2,(H,29,31,33)/b22-12+. The summed E-state index contributed by atoms with van der Waals surface area (Å²) >= 11 is 2.16. The number of urea groups is 1. The average molecular weight is 552 g/mol. The Bertz CT molecular complexity index is 1160. The van der Waals surface area contributed by atoms with Gasteiger partial charge < -0.3 is 0 Å². The number of halogens is 1. The lowest BCUT2D eigenvalue weighted by atomic mass is 9.48. The van der Waals surface area contributed by atoms with Gasteiger partial charge in [-0.25, -0.2) is 9.69 Å². The zero-order valence-corrected chi connectivity index (χ0v) is 20.4. The summed E-state index contributed by atoms with van der Waals surface area (Å²) in [4.78, 5) is 39.4.